The van der Waals surface area contributed by atoms with Crippen molar-refractivity contribution in [3.63, 3.8) is 0 Å². The number of rotatable bonds is 3. The van der Waals surface area contributed by atoms with E-state index in [1.807, 2.05) is 0 Å². The molecule has 0 saturated heterocycles. The zero-order valence-corrected chi connectivity index (χ0v) is 9.19. The number of esters is 1. The van der Waals surface area contributed by atoms with Crippen LogP contribution in [-0.4, -0.2) is 28.7 Å². The second-order valence-electron chi connectivity index (χ2n) is 4.10. The third-order valence-corrected chi connectivity index (χ3v) is 3.11. The molecule has 1 aromatic heterocycles. The van der Waals surface area contributed by atoms with Crippen LogP contribution in [-0.2, 0) is 22.0 Å². The van der Waals surface area contributed by atoms with Gasteiger partial charge in [0.05, 0.1) is 12.5 Å². The molecule has 1 aliphatic rings. The molecular weight excluding hydrogens is 210 g/mol. The molecule has 0 amide bonds. The van der Waals surface area contributed by atoms with Crippen LogP contribution >= 0.6 is 0 Å². The van der Waals surface area contributed by atoms with Gasteiger partial charge in [0.15, 0.2) is 0 Å². The van der Waals surface area contributed by atoms with E-state index in [1.165, 1.54) is 7.11 Å². The van der Waals surface area contributed by atoms with Gasteiger partial charge in [-0.1, -0.05) is 0 Å². The third kappa shape index (κ3) is 1.39. The third-order valence-electron chi connectivity index (χ3n) is 3.11. The van der Waals surface area contributed by atoms with Gasteiger partial charge in [0.25, 0.3) is 0 Å². The van der Waals surface area contributed by atoms with Gasteiger partial charge in [-0.05, 0) is 24.5 Å². The van der Waals surface area contributed by atoms with Crippen LogP contribution in [0.15, 0.2) is 12.3 Å². The minimum atomic E-state index is -0.825. The topological polar surface area (TPSA) is 68.5 Å². The SMILES string of the molecule is COC(=O)c1cc(C2(C(=O)O)CC2)cn1C. The van der Waals surface area contributed by atoms with Crippen LogP contribution in [0.4, 0.5) is 0 Å². The van der Waals surface area contributed by atoms with Crippen molar-refractivity contribution in [3.05, 3.63) is 23.5 Å². The van der Waals surface area contributed by atoms with Gasteiger partial charge in [-0.3, -0.25) is 4.79 Å². The van der Waals surface area contributed by atoms with Crippen LogP contribution in [0.1, 0.15) is 28.9 Å². The van der Waals surface area contributed by atoms with Crippen molar-refractivity contribution in [1.29, 1.82) is 0 Å². The maximum atomic E-state index is 11.4. The summed E-state index contributed by atoms with van der Waals surface area (Å²) in [5.41, 5.74) is 0.289. The molecule has 0 spiro atoms. The number of hydrogen-bond acceptors (Lipinski definition) is 3. The summed E-state index contributed by atoms with van der Waals surface area (Å²) in [6, 6.07) is 1.60. The number of aliphatic carboxylic acids is 1. The summed E-state index contributed by atoms with van der Waals surface area (Å²) >= 11 is 0. The van der Waals surface area contributed by atoms with Gasteiger partial charge in [-0.25, -0.2) is 4.79 Å². The van der Waals surface area contributed by atoms with Crippen LogP contribution in [0.25, 0.3) is 0 Å². The monoisotopic (exact) mass is 223 g/mol. The summed E-state index contributed by atoms with van der Waals surface area (Å²) in [6.07, 6.45) is 2.95. The summed E-state index contributed by atoms with van der Waals surface area (Å²) in [5, 5.41) is 9.13. The molecule has 1 aromatic rings. The Kier molecular flexibility index (Phi) is 2.26. The van der Waals surface area contributed by atoms with Crippen molar-refractivity contribution in [3.8, 4) is 0 Å². The van der Waals surface area contributed by atoms with E-state index in [4.69, 9.17) is 5.11 Å². The van der Waals surface area contributed by atoms with E-state index in [0.717, 1.165) is 0 Å². The van der Waals surface area contributed by atoms with Gasteiger partial charge in [0, 0.05) is 13.2 Å². The first-order chi connectivity index (χ1) is 7.51. The molecule has 0 radical (unpaired) electrons. The molecule has 0 aliphatic heterocycles. The van der Waals surface area contributed by atoms with E-state index in [-0.39, 0.29) is 0 Å². The average molecular weight is 223 g/mol. The number of nitrogens with zero attached hydrogens (tertiary/aromatic N) is 1. The lowest BCUT2D eigenvalue weighted by atomic mass is 9.99. The molecule has 1 saturated carbocycles. The highest BCUT2D eigenvalue weighted by Gasteiger charge is 2.52. The van der Waals surface area contributed by atoms with Gasteiger partial charge < -0.3 is 14.4 Å². The lowest BCUT2D eigenvalue weighted by Crippen LogP contribution is -2.18. The van der Waals surface area contributed by atoms with Crippen molar-refractivity contribution in [2.24, 2.45) is 7.05 Å². The molecule has 1 heterocycles. The Hall–Kier alpha value is -1.78. The summed E-state index contributed by atoms with van der Waals surface area (Å²) in [4.78, 5) is 22.5. The van der Waals surface area contributed by atoms with E-state index >= 15 is 0 Å². The van der Waals surface area contributed by atoms with Crippen LogP contribution in [0, 0.1) is 0 Å². The number of carbonyl (C=O) groups is 2. The molecule has 86 valence electrons. The van der Waals surface area contributed by atoms with E-state index in [1.54, 1.807) is 23.9 Å². The normalized spacial score (nSPS) is 16.9. The van der Waals surface area contributed by atoms with Crippen molar-refractivity contribution in [2.45, 2.75) is 18.3 Å². The first-order valence-corrected chi connectivity index (χ1v) is 5.00. The Balaban J connectivity index is 2.39. The number of carbonyl (C=O) groups excluding carboxylic acids is 1. The van der Waals surface area contributed by atoms with Crippen LogP contribution in [0.2, 0.25) is 0 Å². The second kappa shape index (κ2) is 3.37. The molecule has 5 nitrogen and oxygen atoms in total. The van der Waals surface area contributed by atoms with Crippen LogP contribution in [0.3, 0.4) is 0 Å². The fourth-order valence-electron chi connectivity index (χ4n) is 1.88. The Morgan fingerprint density at radius 3 is 2.56 bits per heavy atom. The molecule has 1 N–H and O–H groups in total. The minimum Gasteiger partial charge on any atom is -0.481 e. The standard InChI is InChI=1S/C11H13NO4/c1-12-6-7(5-8(12)9(13)16-2)11(3-4-11)10(14)15/h5-6H,3-4H2,1-2H3,(H,14,15). The molecule has 2 rings (SSSR count). The molecule has 0 aromatic carbocycles. The van der Waals surface area contributed by atoms with Crippen LogP contribution in [0.5, 0.6) is 0 Å². The Morgan fingerprint density at radius 2 is 2.12 bits per heavy atom. The predicted molar refractivity (Wildman–Crippen MR) is 55.3 cm³/mol. The number of aromatic nitrogens is 1. The molecule has 5 heteroatoms. The molecule has 0 atom stereocenters. The fourth-order valence-corrected chi connectivity index (χ4v) is 1.88. The smallest absolute Gasteiger partial charge is 0.354 e. The second-order valence-corrected chi connectivity index (χ2v) is 4.10. The Bertz CT molecular complexity index is 457. The quantitative estimate of drug-likeness (QED) is 0.774. The molecule has 1 fully saturated rings. The van der Waals surface area contributed by atoms with Crippen molar-refractivity contribution >= 4 is 11.9 Å². The van der Waals surface area contributed by atoms with Crippen molar-refractivity contribution < 1.29 is 19.4 Å². The zero-order chi connectivity index (χ0) is 11.9. The summed E-state index contributed by atoms with van der Waals surface area (Å²) in [5.74, 6) is -1.27. The number of hydrogen-bond donors (Lipinski definition) is 1. The van der Waals surface area contributed by atoms with E-state index < -0.39 is 17.4 Å². The largest absolute Gasteiger partial charge is 0.481 e. The van der Waals surface area contributed by atoms with Gasteiger partial charge in [0.1, 0.15) is 5.69 Å². The zero-order valence-electron chi connectivity index (χ0n) is 9.19. The highest BCUT2D eigenvalue weighted by atomic mass is 16.5. The summed E-state index contributed by atoms with van der Waals surface area (Å²) in [7, 11) is 3.01. The van der Waals surface area contributed by atoms with Crippen LogP contribution < -0.4 is 0 Å². The van der Waals surface area contributed by atoms with E-state index in [9.17, 15) is 9.59 Å². The molecule has 0 unspecified atom stereocenters. The molecule has 16 heavy (non-hydrogen) atoms. The van der Waals surface area contributed by atoms with Gasteiger partial charge in [-0.2, -0.15) is 0 Å². The van der Waals surface area contributed by atoms with E-state index in [2.05, 4.69) is 4.74 Å². The first-order valence-electron chi connectivity index (χ1n) is 5.00. The number of aryl methyl sites for hydroxylation is 1. The molecule has 0 bridgehead atoms. The van der Waals surface area contributed by atoms with Crippen molar-refractivity contribution in [1.82, 2.24) is 4.57 Å². The maximum Gasteiger partial charge on any atom is 0.354 e. The lowest BCUT2D eigenvalue weighted by Gasteiger charge is -2.05. The number of ether oxygens (including phenoxy) is 1. The molecular formula is C11H13NO4. The van der Waals surface area contributed by atoms with E-state index in [0.29, 0.717) is 24.1 Å². The average Bonchev–Trinajstić information content (AvgIpc) is 2.97. The lowest BCUT2D eigenvalue weighted by molar-refractivity contribution is -0.140. The van der Waals surface area contributed by atoms with Gasteiger partial charge in [0.2, 0.25) is 0 Å². The predicted octanol–water partition coefficient (Wildman–Crippen LogP) is 0.928. The number of carboxylic acids is 1. The minimum absolute atomic E-state index is 0.380. The number of methoxy groups -OCH3 is 1. The molecule has 1 aliphatic carbocycles. The Morgan fingerprint density at radius 1 is 1.50 bits per heavy atom. The van der Waals surface area contributed by atoms with Gasteiger partial charge >= 0.3 is 11.9 Å². The van der Waals surface area contributed by atoms with Gasteiger partial charge in [-0.15, -0.1) is 0 Å². The first kappa shape index (κ1) is 10.7. The highest BCUT2D eigenvalue weighted by molar-refractivity contribution is 5.90. The number of carboxylic acid groups (broad SMARTS) is 1. The Labute approximate surface area is 92.6 Å². The van der Waals surface area contributed by atoms with Crippen molar-refractivity contribution in [2.75, 3.05) is 7.11 Å². The fraction of sp³-hybridized carbons (Fsp3) is 0.455. The summed E-state index contributed by atoms with van der Waals surface area (Å²) in [6.45, 7) is 0. The highest BCUT2D eigenvalue weighted by Crippen LogP contribution is 2.48. The summed E-state index contributed by atoms with van der Waals surface area (Å²) < 4.78 is 6.22. The maximum absolute atomic E-state index is 11.4.